The van der Waals surface area contributed by atoms with Crippen LogP contribution in [-0.4, -0.2) is 37.3 Å². The number of esters is 1. The molecule has 2 rings (SSSR count). The standard InChI is InChI=1S/C12H16N2O3/c1-8-10(12(15)16-2)3-4-11(14-8)17-9-5-6-13-7-9/h3-4,9,13H,5-7H2,1-2H3. The molecular formula is C12H16N2O3. The minimum Gasteiger partial charge on any atom is -0.473 e. The molecule has 0 bridgehead atoms. The van der Waals surface area contributed by atoms with Crippen LogP contribution in [0.3, 0.4) is 0 Å². The van der Waals surface area contributed by atoms with Gasteiger partial charge in [0.1, 0.15) is 6.10 Å². The number of hydrogen-bond acceptors (Lipinski definition) is 5. The SMILES string of the molecule is COC(=O)c1ccc(OC2CCNC2)nc1C. The Morgan fingerprint density at radius 1 is 1.53 bits per heavy atom. The first kappa shape index (κ1) is 11.9. The molecule has 0 spiro atoms. The summed E-state index contributed by atoms with van der Waals surface area (Å²) in [6.07, 6.45) is 1.16. The molecule has 1 aliphatic rings. The van der Waals surface area contributed by atoms with Crippen LogP contribution in [-0.2, 0) is 4.74 Å². The van der Waals surface area contributed by atoms with Crippen LogP contribution < -0.4 is 10.1 Å². The van der Waals surface area contributed by atoms with Crippen molar-refractivity contribution >= 4 is 5.97 Å². The minimum atomic E-state index is -0.371. The van der Waals surface area contributed by atoms with Gasteiger partial charge >= 0.3 is 5.97 Å². The second-order valence-corrected chi connectivity index (χ2v) is 4.01. The second kappa shape index (κ2) is 5.14. The summed E-state index contributed by atoms with van der Waals surface area (Å²) in [6.45, 7) is 3.59. The number of pyridine rings is 1. The number of hydrogen-bond donors (Lipinski definition) is 1. The predicted molar refractivity (Wildman–Crippen MR) is 62.2 cm³/mol. The van der Waals surface area contributed by atoms with Crippen LogP contribution in [0.25, 0.3) is 0 Å². The van der Waals surface area contributed by atoms with E-state index >= 15 is 0 Å². The van der Waals surface area contributed by atoms with Gasteiger partial charge in [0.15, 0.2) is 0 Å². The predicted octanol–water partition coefficient (Wildman–Crippen LogP) is 0.917. The quantitative estimate of drug-likeness (QED) is 0.791. The van der Waals surface area contributed by atoms with Crippen molar-refractivity contribution in [3.05, 3.63) is 23.4 Å². The molecule has 17 heavy (non-hydrogen) atoms. The highest BCUT2D eigenvalue weighted by molar-refractivity contribution is 5.90. The van der Waals surface area contributed by atoms with Gasteiger partial charge in [-0.05, 0) is 26.0 Å². The third kappa shape index (κ3) is 2.74. The zero-order valence-electron chi connectivity index (χ0n) is 10.0. The molecule has 1 fully saturated rings. The maximum atomic E-state index is 11.4. The van der Waals surface area contributed by atoms with Crippen molar-refractivity contribution in [1.82, 2.24) is 10.3 Å². The lowest BCUT2D eigenvalue weighted by Crippen LogP contribution is -2.20. The largest absolute Gasteiger partial charge is 0.473 e. The molecule has 1 atom stereocenters. The Balaban J connectivity index is 2.10. The number of nitrogens with one attached hydrogen (secondary N) is 1. The molecule has 1 aromatic heterocycles. The molecule has 5 heteroatoms. The third-order valence-electron chi connectivity index (χ3n) is 2.77. The molecule has 1 saturated heterocycles. The summed E-state index contributed by atoms with van der Waals surface area (Å²) < 4.78 is 10.4. The van der Waals surface area contributed by atoms with E-state index in [2.05, 4.69) is 15.0 Å². The van der Waals surface area contributed by atoms with Gasteiger partial charge in [-0.1, -0.05) is 0 Å². The molecule has 1 aromatic rings. The summed E-state index contributed by atoms with van der Waals surface area (Å²) in [6, 6.07) is 3.39. The maximum absolute atomic E-state index is 11.4. The van der Waals surface area contributed by atoms with E-state index in [1.165, 1.54) is 7.11 Å². The molecule has 1 N–H and O–H groups in total. The first-order chi connectivity index (χ1) is 8.20. The van der Waals surface area contributed by atoms with Crippen molar-refractivity contribution < 1.29 is 14.3 Å². The fourth-order valence-corrected chi connectivity index (χ4v) is 1.83. The van der Waals surface area contributed by atoms with Gasteiger partial charge in [0.2, 0.25) is 5.88 Å². The van der Waals surface area contributed by atoms with Crippen molar-refractivity contribution in [2.45, 2.75) is 19.4 Å². The lowest BCUT2D eigenvalue weighted by molar-refractivity contribution is 0.0599. The number of carbonyl (C=O) groups is 1. The van der Waals surface area contributed by atoms with Crippen LogP contribution >= 0.6 is 0 Å². The lowest BCUT2D eigenvalue weighted by atomic mass is 10.2. The average Bonchev–Trinajstić information content (AvgIpc) is 2.81. The topological polar surface area (TPSA) is 60.5 Å². The van der Waals surface area contributed by atoms with Crippen molar-refractivity contribution in [1.29, 1.82) is 0 Å². The number of carbonyl (C=O) groups excluding carboxylic acids is 1. The maximum Gasteiger partial charge on any atom is 0.339 e. The van der Waals surface area contributed by atoms with Gasteiger partial charge in [0.25, 0.3) is 0 Å². The molecule has 0 aromatic carbocycles. The van der Waals surface area contributed by atoms with E-state index in [4.69, 9.17) is 4.74 Å². The normalized spacial score (nSPS) is 19.1. The summed E-state index contributed by atoms with van der Waals surface area (Å²) in [7, 11) is 1.36. The molecule has 0 amide bonds. The van der Waals surface area contributed by atoms with Crippen molar-refractivity contribution in [3.63, 3.8) is 0 Å². The van der Waals surface area contributed by atoms with Crippen molar-refractivity contribution in [3.8, 4) is 5.88 Å². The van der Waals surface area contributed by atoms with Crippen LogP contribution in [0.4, 0.5) is 0 Å². The fourth-order valence-electron chi connectivity index (χ4n) is 1.83. The fraction of sp³-hybridized carbons (Fsp3) is 0.500. The van der Waals surface area contributed by atoms with E-state index in [-0.39, 0.29) is 12.1 Å². The Morgan fingerprint density at radius 2 is 2.35 bits per heavy atom. The summed E-state index contributed by atoms with van der Waals surface area (Å²) in [5.74, 6) is 0.188. The van der Waals surface area contributed by atoms with Crippen LogP contribution in [0.15, 0.2) is 12.1 Å². The van der Waals surface area contributed by atoms with Gasteiger partial charge in [-0.15, -0.1) is 0 Å². The van der Waals surface area contributed by atoms with E-state index in [1.54, 1.807) is 19.1 Å². The van der Waals surface area contributed by atoms with Crippen LogP contribution in [0.1, 0.15) is 22.5 Å². The summed E-state index contributed by atoms with van der Waals surface area (Å²) >= 11 is 0. The zero-order chi connectivity index (χ0) is 12.3. The number of ether oxygens (including phenoxy) is 2. The first-order valence-corrected chi connectivity index (χ1v) is 5.64. The molecule has 1 aliphatic heterocycles. The van der Waals surface area contributed by atoms with E-state index in [0.29, 0.717) is 17.1 Å². The van der Waals surface area contributed by atoms with Crippen LogP contribution in [0.2, 0.25) is 0 Å². The highest BCUT2D eigenvalue weighted by Gasteiger charge is 2.17. The van der Waals surface area contributed by atoms with Gasteiger partial charge in [0, 0.05) is 12.6 Å². The van der Waals surface area contributed by atoms with Crippen LogP contribution in [0.5, 0.6) is 5.88 Å². The monoisotopic (exact) mass is 236 g/mol. The number of nitrogens with zero attached hydrogens (tertiary/aromatic N) is 1. The van der Waals surface area contributed by atoms with Crippen LogP contribution in [0, 0.1) is 6.92 Å². The highest BCUT2D eigenvalue weighted by Crippen LogP contribution is 2.16. The Morgan fingerprint density at radius 3 is 2.94 bits per heavy atom. The van der Waals surface area contributed by atoms with Crippen molar-refractivity contribution in [2.75, 3.05) is 20.2 Å². The summed E-state index contributed by atoms with van der Waals surface area (Å²) in [4.78, 5) is 15.6. The zero-order valence-corrected chi connectivity index (χ0v) is 10.0. The van der Waals surface area contributed by atoms with E-state index in [0.717, 1.165) is 19.5 Å². The van der Waals surface area contributed by atoms with Crippen molar-refractivity contribution in [2.24, 2.45) is 0 Å². The summed E-state index contributed by atoms with van der Waals surface area (Å²) in [5.41, 5.74) is 1.10. The molecular weight excluding hydrogens is 220 g/mol. The number of methoxy groups -OCH3 is 1. The smallest absolute Gasteiger partial charge is 0.339 e. The summed E-state index contributed by atoms with van der Waals surface area (Å²) in [5, 5.41) is 3.22. The Hall–Kier alpha value is -1.62. The molecule has 92 valence electrons. The highest BCUT2D eigenvalue weighted by atomic mass is 16.5. The Kier molecular flexibility index (Phi) is 3.58. The van der Waals surface area contributed by atoms with Gasteiger partial charge in [-0.2, -0.15) is 0 Å². The van der Waals surface area contributed by atoms with Gasteiger partial charge < -0.3 is 14.8 Å². The average molecular weight is 236 g/mol. The first-order valence-electron chi connectivity index (χ1n) is 5.64. The molecule has 1 unspecified atom stereocenters. The molecule has 0 aliphatic carbocycles. The van der Waals surface area contributed by atoms with Gasteiger partial charge in [0.05, 0.1) is 18.4 Å². The lowest BCUT2D eigenvalue weighted by Gasteiger charge is -2.12. The second-order valence-electron chi connectivity index (χ2n) is 4.01. The Bertz CT molecular complexity index is 414. The van der Waals surface area contributed by atoms with E-state index < -0.39 is 0 Å². The minimum absolute atomic E-state index is 0.172. The van der Waals surface area contributed by atoms with E-state index in [1.807, 2.05) is 0 Å². The number of aryl methyl sites for hydroxylation is 1. The molecule has 0 saturated carbocycles. The molecule has 2 heterocycles. The van der Waals surface area contributed by atoms with Gasteiger partial charge in [-0.3, -0.25) is 0 Å². The number of aromatic nitrogens is 1. The molecule has 5 nitrogen and oxygen atoms in total. The molecule has 0 radical (unpaired) electrons. The number of rotatable bonds is 3. The Labute approximate surface area is 100 Å². The van der Waals surface area contributed by atoms with E-state index in [9.17, 15) is 4.79 Å². The van der Waals surface area contributed by atoms with Gasteiger partial charge in [-0.25, -0.2) is 9.78 Å². The third-order valence-corrected chi connectivity index (χ3v) is 2.77.